The number of phenols is 1. The molecule has 0 saturated heterocycles. The molecule has 0 spiro atoms. The molecule has 3 heteroatoms. The van der Waals surface area contributed by atoms with Gasteiger partial charge in [0, 0.05) is 24.2 Å². The third-order valence-corrected chi connectivity index (χ3v) is 3.87. The summed E-state index contributed by atoms with van der Waals surface area (Å²) in [4.78, 5) is 0. The van der Waals surface area contributed by atoms with E-state index in [0.717, 1.165) is 41.8 Å². The number of aryl methyl sites for hydroxylation is 2. The highest BCUT2D eigenvalue weighted by Gasteiger charge is 2.12. The number of fused-ring (bicyclic) bond motifs is 1. The van der Waals surface area contributed by atoms with Crippen LogP contribution in [0.25, 0.3) is 22.4 Å². The fourth-order valence-corrected chi connectivity index (χ4v) is 2.63. The number of rotatable bonds is 5. The molecular formula is C18H21NO2. The van der Waals surface area contributed by atoms with Crippen LogP contribution in [0.4, 0.5) is 0 Å². The number of aromatic nitrogens is 1. The van der Waals surface area contributed by atoms with Gasteiger partial charge in [-0.25, -0.2) is 0 Å². The van der Waals surface area contributed by atoms with Crippen molar-refractivity contribution < 1.29 is 9.52 Å². The molecule has 2 heterocycles. The quantitative estimate of drug-likeness (QED) is 0.718. The van der Waals surface area contributed by atoms with Crippen LogP contribution < -0.4 is 0 Å². The number of phenolic OH excluding ortho intramolecular Hbond substituents is 1. The van der Waals surface area contributed by atoms with Crippen LogP contribution in [0.15, 0.2) is 40.9 Å². The van der Waals surface area contributed by atoms with Gasteiger partial charge in [-0.3, -0.25) is 0 Å². The monoisotopic (exact) mass is 283 g/mol. The number of hydrogen-bond acceptors (Lipinski definition) is 2. The smallest absolute Gasteiger partial charge is 0.151 e. The van der Waals surface area contributed by atoms with Gasteiger partial charge in [-0.15, -0.1) is 0 Å². The van der Waals surface area contributed by atoms with Gasteiger partial charge < -0.3 is 14.1 Å². The standard InChI is InChI=1S/C18H21NO2/c1-3-5-8-19-12-13(4-2)9-16(19)18-10-14-6-7-15(20)11-17(14)21-18/h6-7,9-12,20H,3-5,8H2,1-2H3. The Hall–Kier alpha value is -2.16. The van der Waals surface area contributed by atoms with Crippen LogP contribution in [0.1, 0.15) is 32.3 Å². The van der Waals surface area contributed by atoms with Crippen LogP contribution in [-0.4, -0.2) is 9.67 Å². The Morgan fingerprint density at radius 2 is 2.00 bits per heavy atom. The van der Waals surface area contributed by atoms with Gasteiger partial charge in [-0.05, 0) is 42.7 Å². The Bertz CT molecular complexity index is 752. The molecule has 1 aromatic carbocycles. The summed E-state index contributed by atoms with van der Waals surface area (Å²) in [6.45, 7) is 5.38. The number of benzene rings is 1. The third-order valence-electron chi connectivity index (χ3n) is 3.87. The molecule has 3 nitrogen and oxygen atoms in total. The summed E-state index contributed by atoms with van der Waals surface area (Å²) in [5.41, 5.74) is 3.17. The fourth-order valence-electron chi connectivity index (χ4n) is 2.63. The van der Waals surface area contributed by atoms with Crippen molar-refractivity contribution in [1.82, 2.24) is 4.57 Å². The zero-order valence-corrected chi connectivity index (χ0v) is 12.6. The van der Waals surface area contributed by atoms with Crippen molar-refractivity contribution in [3.05, 3.63) is 42.1 Å². The molecule has 0 bridgehead atoms. The molecule has 0 radical (unpaired) electrons. The van der Waals surface area contributed by atoms with Crippen LogP contribution in [0.3, 0.4) is 0 Å². The largest absolute Gasteiger partial charge is 0.508 e. The van der Waals surface area contributed by atoms with Gasteiger partial charge in [0.05, 0.1) is 5.69 Å². The van der Waals surface area contributed by atoms with E-state index in [1.54, 1.807) is 12.1 Å². The van der Waals surface area contributed by atoms with Crippen LogP contribution in [0.5, 0.6) is 5.75 Å². The van der Waals surface area contributed by atoms with Crippen molar-refractivity contribution in [2.45, 2.75) is 39.7 Å². The minimum absolute atomic E-state index is 0.235. The Balaban J connectivity index is 2.05. The Kier molecular flexibility index (Phi) is 3.74. The van der Waals surface area contributed by atoms with E-state index in [0.29, 0.717) is 0 Å². The van der Waals surface area contributed by atoms with Crippen LogP contribution in [0.2, 0.25) is 0 Å². The molecule has 1 N–H and O–H groups in total. The predicted octanol–water partition coefficient (Wildman–Crippen LogP) is 4.97. The normalized spacial score (nSPS) is 11.3. The van der Waals surface area contributed by atoms with Crippen molar-refractivity contribution in [1.29, 1.82) is 0 Å². The molecule has 0 aliphatic carbocycles. The lowest BCUT2D eigenvalue weighted by molar-refractivity contribution is 0.474. The number of unbranched alkanes of at least 4 members (excludes halogenated alkanes) is 1. The summed E-state index contributed by atoms with van der Waals surface area (Å²) in [5.74, 6) is 1.10. The van der Waals surface area contributed by atoms with E-state index in [1.165, 1.54) is 12.0 Å². The van der Waals surface area contributed by atoms with Gasteiger partial charge in [0.1, 0.15) is 11.3 Å². The number of furan rings is 1. The minimum Gasteiger partial charge on any atom is -0.508 e. The molecule has 3 aromatic rings. The van der Waals surface area contributed by atoms with Crippen LogP contribution >= 0.6 is 0 Å². The first-order chi connectivity index (χ1) is 10.2. The summed E-state index contributed by atoms with van der Waals surface area (Å²) < 4.78 is 8.21. The molecule has 0 aliphatic rings. The van der Waals surface area contributed by atoms with Gasteiger partial charge >= 0.3 is 0 Å². The van der Waals surface area contributed by atoms with E-state index in [4.69, 9.17) is 4.42 Å². The third kappa shape index (κ3) is 2.68. The van der Waals surface area contributed by atoms with E-state index in [-0.39, 0.29) is 5.75 Å². The van der Waals surface area contributed by atoms with E-state index < -0.39 is 0 Å². The second kappa shape index (κ2) is 5.68. The maximum absolute atomic E-state index is 9.56. The summed E-state index contributed by atoms with van der Waals surface area (Å²) in [6, 6.07) is 9.49. The van der Waals surface area contributed by atoms with Crippen molar-refractivity contribution in [3.8, 4) is 17.2 Å². The Morgan fingerprint density at radius 1 is 1.14 bits per heavy atom. The lowest BCUT2D eigenvalue weighted by Crippen LogP contribution is -1.97. The second-order valence-corrected chi connectivity index (χ2v) is 5.47. The van der Waals surface area contributed by atoms with Gasteiger partial charge in [0.15, 0.2) is 5.76 Å². The fraction of sp³-hybridized carbons (Fsp3) is 0.333. The Labute approximate surface area is 124 Å². The van der Waals surface area contributed by atoms with Gasteiger partial charge in [-0.1, -0.05) is 20.3 Å². The van der Waals surface area contributed by atoms with E-state index in [1.807, 2.05) is 12.1 Å². The first-order valence-electron chi connectivity index (χ1n) is 7.63. The predicted molar refractivity (Wildman–Crippen MR) is 85.6 cm³/mol. The number of aromatic hydroxyl groups is 1. The van der Waals surface area contributed by atoms with Gasteiger partial charge in [0.2, 0.25) is 0 Å². The average Bonchev–Trinajstić information content (AvgIpc) is 3.07. The molecule has 0 fully saturated rings. The lowest BCUT2D eigenvalue weighted by Gasteiger charge is -2.05. The SMILES string of the molecule is CCCCn1cc(CC)cc1-c1cc2ccc(O)cc2o1. The molecule has 0 unspecified atom stereocenters. The summed E-state index contributed by atoms with van der Waals surface area (Å²) in [6.07, 6.45) is 5.57. The molecule has 0 atom stereocenters. The lowest BCUT2D eigenvalue weighted by atomic mass is 10.2. The van der Waals surface area contributed by atoms with E-state index >= 15 is 0 Å². The van der Waals surface area contributed by atoms with E-state index in [2.05, 4.69) is 30.7 Å². The molecule has 3 rings (SSSR count). The molecule has 0 aliphatic heterocycles. The first-order valence-corrected chi connectivity index (χ1v) is 7.63. The summed E-state index contributed by atoms with van der Waals surface area (Å²) in [7, 11) is 0. The summed E-state index contributed by atoms with van der Waals surface area (Å²) in [5, 5.41) is 10.6. The second-order valence-electron chi connectivity index (χ2n) is 5.47. The van der Waals surface area contributed by atoms with Crippen molar-refractivity contribution in [2.75, 3.05) is 0 Å². The highest BCUT2D eigenvalue weighted by molar-refractivity contribution is 5.83. The maximum Gasteiger partial charge on any atom is 0.151 e. The van der Waals surface area contributed by atoms with E-state index in [9.17, 15) is 5.11 Å². The molecule has 2 aromatic heterocycles. The minimum atomic E-state index is 0.235. The maximum atomic E-state index is 9.56. The molecule has 110 valence electrons. The van der Waals surface area contributed by atoms with Crippen LogP contribution in [0, 0.1) is 0 Å². The highest BCUT2D eigenvalue weighted by atomic mass is 16.3. The average molecular weight is 283 g/mol. The van der Waals surface area contributed by atoms with Crippen LogP contribution in [-0.2, 0) is 13.0 Å². The molecule has 0 amide bonds. The highest BCUT2D eigenvalue weighted by Crippen LogP contribution is 2.31. The van der Waals surface area contributed by atoms with Crippen molar-refractivity contribution in [3.63, 3.8) is 0 Å². The molecule has 21 heavy (non-hydrogen) atoms. The topological polar surface area (TPSA) is 38.3 Å². The Morgan fingerprint density at radius 3 is 2.76 bits per heavy atom. The van der Waals surface area contributed by atoms with Gasteiger partial charge in [0.25, 0.3) is 0 Å². The number of hydrogen-bond donors (Lipinski definition) is 1. The zero-order chi connectivity index (χ0) is 14.8. The number of nitrogens with zero attached hydrogens (tertiary/aromatic N) is 1. The first kappa shape index (κ1) is 13.8. The molecular weight excluding hydrogens is 262 g/mol. The zero-order valence-electron chi connectivity index (χ0n) is 12.6. The van der Waals surface area contributed by atoms with Gasteiger partial charge in [-0.2, -0.15) is 0 Å². The molecule has 0 saturated carbocycles. The van der Waals surface area contributed by atoms with Crippen molar-refractivity contribution in [2.24, 2.45) is 0 Å². The van der Waals surface area contributed by atoms with Crippen molar-refractivity contribution >= 4 is 11.0 Å². The summed E-state index contributed by atoms with van der Waals surface area (Å²) >= 11 is 0.